The molecule has 170 valence electrons. The number of aromatic nitrogens is 2. The van der Waals surface area contributed by atoms with Crippen LogP contribution in [-0.4, -0.2) is 16.6 Å². The van der Waals surface area contributed by atoms with Gasteiger partial charge in [0.1, 0.15) is 5.75 Å². The molecule has 8 heteroatoms. The maximum absolute atomic E-state index is 13.6. The fourth-order valence-corrected chi connectivity index (χ4v) is 3.70. The number of hydrogen-bond donors (Lipinski definition) is 1. The number of hydrogen-bond acceptors (Lipinski definition) is 5. The zero-order valence-electron chi connectivity index (χ0n) is 18.1. The van der Waals surface area contributed by atoms with Crippen molar-refractivity contribution in [1.29, 1.82) is 0 Å². The molecule has 1 N–H and O–H groups in total. The zero-order valence-corrected chi connectivity index (χ0v) is 18.9. The van der Waals surface area contributed by atoms with Gasteiger partial charge in [-0.2, -0.15) is 13.2 Å². The molecule has 0 spiro atoms. The number of nitrogens with one attached hydrogen (secondary N) is 1. The third-order valence-corrected chi connectivity index (χ3v) is 5.44. The van der Waals surface area contributed by atoms with E-state index in [1.807, 2.05) is 36.6 Å². The number of aryl methyl sites for hydroxylation is 1. The van der Waals surface area contributed by atoms with Crippen molar-refractivity contribution in [2.75, 3.05) is 11.9 Å². The Hall–Kier alpha value is -2.87. The number of benzene rings is 1. The van der Waals surface area contributed by atoms with Crippen molar-refractivity contribution in [3.63, 3.8) is 0 Å². The van der Waals surface area contributed by atoms with E-state index in [0.717, 1.165) is 36.6 Å². The van der Waals surface area contributed by atoms with Crippen LogP contribution in [0.1, 0.15) is 43.9 Å². The number of unbranched alkanes of at least 4 members (excludes halogenated alkanes) is 2. The molecule has 1 aromatic carbocycles. The SMILES string of the molecule is CCCC/C=C\CCOc1ccc(Nc2nc(-c3ccc(C)nc3)cs2)cc1C(F)(F)F. The van der Waals surface area contributed by atoms with Crippen LogP contribution in [-0.2, 0) is 6.18 Å². The Morgan fingerprint density at radius 3 is 2.66 bits per heavy atom. The van der Waals surface area contributed by atoms with E-state index in [1.165, 1.54) is 17.4 Å². The van der Waals surface area contributed by atoms with Gasteiger partial charge in [0.05, 0.1) is 17.9 Å². The number of allylic oxidation sites excluding steroid dienone is 1. The van der Waals surface area contributed by atoms with Gasteiger partial charge in [-0.15, -0.1) is 11.3 Å². The molecule has 3 aromatic rings. The van der Waals surface area contributed by atoms with Gasteiger partial charge in [0.2, 0.25) is 0 Å². The van der Waals surface area contributed by atoms with E-state index in [9.17, 15) is 13.2 Å². The molecule has 0 radical (unpaired) electrons. The van der Waals surface area contributed by atoms with Gasteiger partial charge in [0, 0.05) is 28.5 Å². The van der Waals surface area contributed by atoms with Crippen LogP contribution in [0.25, 0.3) is 11.3 Å². The second-order valence-electron chi connectivity index (χ2n) is 7.31. The van der Waals surface area contributed by atoms with Crippen LogP contribution in [0.5, 0.6) is 5.75 Å². The molecule has 0 amide bonds. The predicted molar refractivity (Wildman–Crippen MR) is 124 cm³/mol. The summed E-state index contributed by atoms with van der Waals surface area (Å²) in [6, 6.07) is 7.77. The van der Waals surface area contributed by atoms with Crippen LogP contribution < -0.4 is 10.1 Å². The Balaban J connectivity index is 1.67. The maximum atomic E-state index is 13.6. The minimum atomic E-state index is -4.52. The summed E-state index contributed by atoms with van der Waals surface area (Å²) in [7, 11) is 0. The highest BCUT2D eigenvalue weighted by atomic mass is 32.1. The van der Waals surface area contributed by atoms with Crippen LogP contribution in [0.4, 0.5) is 24.0 Å². The molecule has 2 aromatic heterocycles. The molecular weight excluding hydrogens is 435 g/mol. The van der Waals surface area contributed by atoms with Crippen molar-refractivity contribution >= 4 is 22.2 Å². The van der Waals surface area contributed by atoms with Crippen LogP contribution in [0, 0.1) is 6.92 Å². The van der Waals surface area contributed by atoms with E-state index in [4.69, 9.17) is 4.74 Å². The minimum Gasteiger partial charge on any atom is -0.493 e. The highest BCUT2D eigenvalue weighted by Gasteiger charge is 2.34. The third kappa shape index (κ3) is 6.82. The normalized spacial score (nSPS) is 11.8. The maximum Gasteiger partial charge on any atom is 0.420 e. The molecule has 0 bridgehead atoms. The van der Waals surface area contributed by atoms with Crippen LogP contribution >= 0.6 is 11.3 Å². The third-order valence-electron chi connectivity index (χ3n) is 4.68. The lowest BCUT2D eigenvalue weighted by Crippen LogP contribution is -2.10. The summed E-state index contributed by atoms with van der Waals surface area (Å²) >= 11 is 1.32. The molecule has 0 aliphatic rings. The molecule has 0 unspecified atom stereocenters. The standard InChI is InChI=1S/C24H26F3N3OS/c1-3-4-5-6-7-8-13-31-22-12-11-19(14-20(22)24(25,26)27)29-23-30-21(16-32-23)18-10-9-17(2)28-15-18/h6-7,9-12,14-16H,3-5,8,13H2,1-2H3,(H,29,30)/b7-6-. The quantitative estimate of drug-likeness (QED) is 0.247. The first kappa shape index (κ1) is 23.8. The number of ether oxygens (including phenoxy) is 1. The number of thiazole rings is 1. The van der Waals surface area contributed by atoms with Gasteiger partial charge in [0.25, 0.3) is 0 Å². The van der Waals surface area contributed by atoms with Gasteiger partial charge in [-0.05, 0) is 50.1 Å². The Morgan fingerprint density at radius 1 is 1.12 bits per heavy atom. The summed E-state index contributed by atoms with van der Waals surface area (Å²) in [6.45, 7) is 4.20. The monoisotopic (exact) mass is 461 g/mol. The minimum absolute atomic E-state index is 0.171. The van der Waals surface area contributed by atoms with Crippen LogP contribution in [0.3, 0.4) is 0 Å². The Bertz CT molecular complexity index is 1030. The molecule has 0 atom stereocenters. The number of halogens is 3. The average Bonchev–Trinajstić information content (AvgIpc) is 3.22. The fourth-order valence-electron chi connectivity index (χ4n) is 2.96. The summed E-state index contributed by atoms with van der Waals surface area (Å²) < 4.78 is 46.2. The molecule has 0 aliphatic carbocycles. The summed E-state index contributed by atoms with van der Waals surface area (Å²) in [6.07, 6.45) is 4.95. The molecule has 0 saturated carbocycles. The van der Waals surface area contributed by atoms with Crippen molar-refractivity contribution in [1.82, 2.24) is 9.97 Å². The number of pyridine rings is 1. The lowest BCUT2D eigenvalue weighted by molar-refractivity contribution is -0.138. The van der Waals surface area contributed by atoms with E-state index in [2.05, 4.69) is 22.2 Å². The molecule has 0 aliphatic heterocycles. The van der Waals surface area contributed by atoms with Crippen LogP contribution in [0.2, 0.25) is 0 Å². The Morgan fingerprint density at radius 2 is 1.94 bits per heavy atom. The summed E-state index contributed by atoms with van der Waals surface area (Å²) in [5.74, 6) is -0.171. The van der Waals surface area contributed by atoms with Crippen molar-refractivity contribution in [2.45, 2.75) is 45.7 Å². The summed E-state index contributed by atoms with van der Waals surface area (Å²) in [5.41, 5.74) is 1.96. The van der Waals surface area contributed by atoms with E-state index in [1.54, 1.807) is 12.3 Å². The van der Waals surface area contributed by atoms with Gasteiger partial charge in [-0.1, -0.05) is 31.9 Å². The molecule has 3 rings (SSSR count). The zero-order chi connectivity index (χ0) is 23.0. The Labute approximate surface area is 190 Å². The largest absolute Gasteiger partial charge is 0.493 e. The van der Waals surface area contributed by atoms with Crippen molar-refractivity contribution in [3.05, 3.63) is 65.3 Å². The number of rotatable bonds is 10. The van der Waals surface area contributed by atoms with E-state index in [0.29, 0.717) is 22.9 Å². The first-order chi connectivity index (χ1) is 15.4. The predicted octanol–water partition coefficient (Wildman–Crippen LogP) is 7.79. The molecule has 2 heterocycles. The molecule has 4 nitrogen and oxygen atoms in total. The molecule has 32 heavy (non-hydrogen) atoms. The van der Waals surface area contributed by atoms with Gasteiger partial charge >= 0.3 is 6.18 Å². The summed E-state index contributed by atoms with van der Waals surface area (Å²) in [5, 5.41) is 5.30. The number of alkyl halides is 3. The number of nitrogens with zero attached hydrogens (tertiary/aromatic N) is 2. The average molecular weight is 462 g/mol. The lowest BCUT2D eigenvalue weighted by Gasteiger charge is -2.15. The molecule has 0 fully saturated rings. The van der Waals surface area contributed by atoms with E-state index < -0.39 is 11.7 Å². The van der Waals surface area contributed by atoms with Gasteiger partial charge < -0.3 is 10.1 Å². The van der Waals surface area contributed by atoms with Crippen molar-refractivity contribution in [3.8, 4) is 17.0 Å². The molecule has 0 saturated heterocycles. The lowest BCUT2D eigenvalue weighted by atomic mass is 10.1. The van der Waals surface area contributed by atoms with Gasteiger partial charge in [-0.25, -0.2) is 4.98 Å². The van der Waals surface area contributed by atoms with Crippen molar-refractivity contribution < 1.29 is 17.9 Å². The van der Waals surface area contributed by atoms with Crippen molar-refractivity contribution in [2.24, 2.45) is 0 Å². The van der Waals surface area contributed by atoms with E-state index >= 15 is 0 Å². The topological polar surface area (TPSA) is 47.0 Å². The van der Waals surface area contributed by atoms with Gasteiger partial charge in [0.15, 0.2) is 5.13 Å². The fraction of sp³-hybridized carbons (Fsp3) is 0.333. The smallest absolute Gasteiger partial charge is 0.420 e. The highest BCUT2D eigenvalue weighted by molar-refractivity contribution is 7.14. The first-order valence-corrected chi connectivity index (χ1v) is 11.4. The first-order valence-electron chi connectivity index (χ1n) is 10.5. The van der Waals surface area contributed by atoms with Gasteiger partial charge in [-0.3, -0.25) is 4.98 Å². The number of anilines is 2. The van der Waals surface area contributed by atoms with Crippen LogP contribution in [0.15, 0.2) is 54.1 Å². The second kappa shape index (κ2) is 11.1. The summed E-state index contributed by atoms with van der Waals surface area (Å²) in [4.78, 5) is 8.71. The highest BCUT2D eigenvalue weighted by Crippen LogP contribution is 2.39. The Kier molecular flexibility index (Phi) is 8.27. The second-order valence-corrected chi connectivity index (χ2v) is 8.17. The molecular formula is C24H26F3N3OS. The van der Waals surface area contributed by atoms with E-state index in [-0.39, 0.29) is 12.4 Å².